The van der Waals surface area contributed by atoms with Gasteiger partial charge in [0.2, 0.25) is 17.7 Å². The van der Waals surface area contributed by atoms with Crippen molar-refractivity contribution in [2.24, 2.45) is 16.9 Å². The Labute approximate surface area is 232 Å². The SMILES string of the molecule is Cc1ccc(N2C(=O)[C@@H]3[C@@H](C2=O)C2c4ccccc4C3(/C=N\NC(=O)CC3(C)OCCO3)c3ccccc32)cc1. The number of ether oxygens (including phenoxy) is 2. The van der Waals surface area contributed by atoms with Gasteiger partial charge in [0, 0.05) is 12.1 Å². The van der Waals surface area contributed by atoms with Crippen molar-refractivity contribution >= 4 is 29.6 Å². The van der Waals surface area contributed by atoms with E-state index < -0.39 is 23.0 Å². The van der Waals surface area contributed by atoms with Gasteiger partial charge in [-0.2, -0.15) is 5.10 Å². The third-order valence-corrected chi connectivity index (χ3v) is 8.81. The van der Waals surface area contributed by atoms with Crippen LogP contribution < -0.4 is 10.3 Å². The highest BCUT2D eigenvalue weighted by atomic mass is 16.7. The van der Waals surface area contributed by atoms with Gasteiger partial charge in [0.25, 0.3) is 0 Å². The van der Waals surface area contributed by atoms with E-state index in [2.05, 4.69) is 10.5 Å². The molecule has 0 radical (unpaired) electrons. The predicted molar refractivity (Wildman–Crippen MR) is 148 cm³/mol. The van der Waals surface area contributed by atoms with Crippen LogP contribution in [0, 0.1) is 18.8 Å². The summed E-state index contributed by atoms with van der Waals surface area (Å²) in [5.41, 5.74) is 7.07. The Bertz CT molecular complexity index is 1530. The van der Waals surface area contributed by atoms with Gasteiger partial charge in [-0.05, 0) is 48.2 Å². The van der Waals surface area contributed by atoms with Gasteiger partial charge in [-0.1, -0.05) is 66.2 Å². The van der Waals surface area contributed by atoms with E-state index in [1.807, 2.05) is 79.7 Å². The van der Waals surface area contributed by atoms with Gasteiger partial charge in [0.05, 0.1) is 42.6 Å². The van der Waals surface area contributed by atoms with Gasteiger partial charge in [-0.3, -0.25) is 14.4 Å². The zero-order valence-electron chi connectivity index (χ0n) is 22.3. The number of imide groups is 1. The zero-order valence-corrected chi connectivity index (χ0v) is 22.3. The van der Waals surface area contributed by atoms with Crippen LogP contribution in [0.3, 0.4) is 0 Å². The summed E-state index contributed by atoms with van der Waals surface area (Å²) < 4.78 is 11.1. The number of carbonyl (C=O) groups is 3. The van der Waals surface area contributed by atoms with Crippen molar-refractivity contribution < 1.29 is 23.9 Å². The van der Waals surface area contributed by atoms with E-state index in [1.54, 1.807) is 13.1 Å². The minimum Gasteiger partial charge on any atom is -0.347 e. The van der Waals surface area contributed by atoms with E-state index in [0.717, 1.165) is 27.8 Å². The summed E-state index contributed by atoms with van der Waals surface area (Å²) in [6, 6.07) is 23.4. The van der Waals surface area contributed by atoms with Crippen LogP contribution >= 0.6 is 0 Å². The standard InChI is InChI=1S/C32H29N3O5/c1-19-11-13-20(14-12-19)35-29(37)27-26-21-7-3-5-9-23(21)32(28(27)30(35)38,24-10-6-4-8-22(24)26)18-33-34-25(36)17-31(2)39-15-16-40-31/h3-14,18,26-28H,15-17H2,1-2H3,(H,34,36)/b33-18-/t26?,27-,28-,32?/m0/s1. The maximum Gasteiger partial charge on any atom is 0.245 e. The molecule has 2 atom stereocenters. The minimum atomic E-state index is -1.05. The second-order valence-corrected chi connectivity index (χ2v) is 11.2. The molecular formula is C32H29N3O5. The summed E-state index contributed by atoms with van der Waals surface area (Å²) in [7, 11) is 0. The van der Waals surface area contributed by atoms with Crippen LogP contribution in [0.5, 0.6) is 0 Å². The number of hydrazone groups is 1. The van der Waals surface area contributed by atoms with Crippen LogP contribution in [0.1, 0.15) is 47.1 Å². The summed E-state index contributed by atoms with van der Waals surface area (Å²) in [6.07, 6.45) is 1.65. The van der Waals surface area contributed by atoms with Crippen molar-refractivity contribution in [1.82, 2.24) is 5.43 Å². The summed E-state index contributed by atoms with van der Waals surface area (Å²) in [5.74, 6) is -3.40. The number of nitrogens with zero attached hydrogens (tertiary/aromatic N) is 2. The lowest BCUT2D eigenvalue weighted by Gasteiger charge is -2.52. The Morgan fingerprint density at radius 1 is 0.950 bits per heavy atom. The van der Waals surface area contributed by atoms with Gasteiger partial charge < -0.3 is 9.47 Å². The van der Waals surface area contributed by atoms with Crippen LogP contribution in [-0.2, 0) is 29.3 Å². The van der Waals surface area contributed by atoms with E-state index in [4.69, 9.17) is 9.47 Å². The fraction of sp³-hybridized carbons (Fsp3) is 0.312. The highest BCUT2D eigenvalue weighted by molar-refractivity contribution is 6.25. The van der Waals surface area contributed by atoms with Crippen LogP contribution in [-0.4, -0.2) is 42.9 Å². The molecule has 2 aliphatic heterocycles. The summed E-state index contributed by atoms with van der Waals surface area (Å²) in [5, 5.41) is 4.45. The first-order chi connectivity index (χ1) is 19.3. The van der Waals surface area contributed by atoms with Crippen molar-refractivity contribution in [2.75, 3.05) is 18.1 Å². The molecule has 0 spiro atoms. The molecule has 3 aromatic carbocycles. The molecule has 3 aromatic rings. The van der Waals surface area contributed by atoms with Crippen molar-refractivity contribution in [1.29, 1.82) is 0 Å². The molecule has 0 aromatic heterocycles. The number of rotatable bonds is 5. The summed E-state index contributed by atoms with van der Waals surface area (Å²) >= 11 is 0. The van der Waals surface area contributed by atoms with E-state index in [1.165, 1.54) is 4.90 Å². The first-order valence-electron chi connectivity index (χ1n) is 13.6. The highest BCUT2D eigenvalue weighted by Gasteiger charge is 2.68. The lowest BCUT2D eigenvalue weighted by atomic mass is 9.47. The van der Waals surface area contributed by atoms with Crippen molar-refractivity contribution in [3.8, 4) is 0 Å². The third kappa shape index (κ3) is 3.46. The number of anilines is 1. The molecule has 5 aliphatic rings. The Morgan fingerprint density at radius 3 is 2.17 bits per heavy atom. The Morgan fingerprint density at radius 2 is 1.55 bits per heavy atom. The summed E-state index contributed by atoms with van der Waals surface area (Å²) in [4.78, 5) is 42.7. The largest absolute Gasteiger partial charge is 0.347 e. The lowest BCUT2D eigenvalue weighted by molar-refractivity contribution is -0.159. The molecule has 8 rings (SSSR count). The number of benzene rings is 3. The molecule has 0 unspecified atom stereocenters. The van der Waals surface area contributed by atoms with E-state index in [9.17, 15) is 14.4 Å². The van der Waals surface area contributed by atoms with Crippen LogP contribution in [0.15, 0.2) is 77.9 Å². The monoisotopic (exact) mass is 535 g/mol. The Kier molecular flexibility index (Phi) is 5.56. The van der Waals surface area contributed by atoms with Gasteiger partial charge in [0.1, 0.15) is 0 Å². The average molecular weight is 536 g/mol. The van der Waals surface area contributed by atoms with E-state index in [0.29, 0.717) is 18.9 Å². The molecule has 8 nitrogen and oxygen atoms in total. The number of hydrogen-bond acceptors (Lipinski definition) is 6. The molecule has 202 valence electrons. The molecule has 2 saturated heterocycles. The maximum absolute atomic E-state index is 14.3. The molecule has 0 saturated carbocycles. The van der Waals surface area contributed by atoms with Crippen molar-refractivity contribution in [3.05, 3.63) is 101 Å². The van der Waals surface area contributed by atoms with Crippen LogP contribution in [0.2, 0.25) is 0 Å². The predicted octanol–water partition coefficient (Wildman–Crippen LogP) is 3.80. The van der Waals surface area contributed by atoms with E-state index in [-0.39, 0.29) is 30.1 Å². The van der Waals surface area contributed by atoms with Crippen molar-refractivity contribution in [3.63, 3.8) is 0 Å². The molecule has 40 heavy (non-hydrogen) atoms. The van der Waals surface area contributed by atoms with E-state index >= 15 is 0 Å². The van der Waals surface area contributed by atoms with Gasteiger partial charge in [-0.25, -0.2) is 10.3 Å². The second-order valence-electron chi connectivity index (χ2n) is 11.2. The third-order valence-electron chi connectivity index (χ3n) is 8.81. The van der Waals surface area contributed by atoms with Gasteiger partial charge >= 0.3 is 0 Å². The fourth-order valence-corrected chi connectivity index (χ4v) is 7.19. The minimum absolute atomic E-state index is 0.0166. The highest BCUT2D eigenvalue weighted by Crippen LogP contribution is 2.63. The molecule has 8 heteroatoms. The molecule has 3 amide bonds. The van der Waals surface area contributed by atoms with Gasteiger partial charge in [0.15, 0.2) is 5.79 Å². The molecule has 2 bridgehead atoms. The smallest absolute Gasteiger partial charge is 0.245 e. The zero-order chi connectivity index (χ0) is 27.6. The average Bonchev–Trinajstić information content (AvgIpc) is 3.50. The summed E-state index contributed by atoms with van der Waals surface area (Å²) in [6.45, 7) is 4.56. The second kappa shape index (κ2) is 8.94. The molecule has 3 aliphatic carbocycles. The number of carbonyl (C=O) groups excluding carboxylic acids is 3. The Hall–Kier alpha value is -4.14. The topological polar surface area (TPSA) is 97.3 Å². The molecule has 2 heterocycles. The normalized spacial score (nSPS) is 27.6. The maximum atomic E-state index is 14.3. The fourth-order valence-electron chi connectivity index (χ4n) is 7.19. The Balaban J connectivity index is 1.35. The first-order valence-corrected chi connectivity index (χ1v) is 13.6. The number of nitrogens with one attached hydrogen (secondary N) is 1. The first kappa shape index (κ1) is 24.9. The molecule has 2 fully saturated rings. The number of amides is 3. The lowest BCUT2D eigenvalue weighted by Crippen LogP contribution is -2.54. The number of hydrogen-bond donors (Lipinski definition) is 1. The van der Waals surface area contributed by atoms with Gasteiger partial charge in [-0.15, -0.1) is 0 Å². The van der Waals surface area contributed by atoms with Crippen LogP contribution in [0.4, 0.5) is 5.69 Å². The van der Waals surface area contributed by atoms with Crippen molar-refractivity contribution in [2.45, 2.75) is 37.4 Å². The number of aryl methyl sites for hydroxylation is 1. The molecular weight excluding hydrogens is 506 g/mol. The quantitative estimate of drug-likeness (QED) is 0.305. The van der Waals surface area contributed by atoms with Crippen LogP contribution in [0.25, 0.3) is 0 Å². The molecule has 1 N–H and O–H groups in total.